The molecule has 0 atom stereocenters. The summed E-state index contributed by atoms with van der Waals surface area (Å²) in [6.07, 6.45) is 0.582. The van der Waals surface area contributed by atoms with Gasteiger partial charge in [0.05, 0.1) is 5.88 Å². The summed E-state index contributed by atoms with van der Waals surface area (Å²) < 4.78 is 0. The number of nitrogens with one attached hydrogen (secondary N) is 1. The van der Waals surface area contributed by atoms with E-state index in [0.717, 1.165) is 5.88 Å². The van der Waals surface area contributed by atoms with Crippen LogP contribution in [0.4, 0.5) is 0 Å². The van der Waals surface area contributed by atoms with E-state index in [1.807, 2.05) is 6.92 Å². The number of carbonyl (C=O) groups excluding carboxylic acids is 1. The van der Waals surface area contributed by atoms with Gasteiger partial charge in [-0.05, 0) is 0 Å². The zero-order chi connectivity index (χ0) is 7.98. The summed E-state index contributed by atoms with van der Waals surface area (Å²) in [5.41, 5.74) is 0. The second-order valence-corrected chi connectivity index (χ2v) is 3.88. The van der Waals surface area contributed by atoms with Crippen molar-refractivity contribution >= 4 is 17.7 Å². The Morgan fingerprint density at radius 2 is 2.20 bits per heavy atom. The number of rotatable bonds is 4. The number of thioether (sulfide) groups is 1. The molecule has 60 valence electrons. The minimum absolute atomic E-state index is 0.133. The Labute approximate surface area is 66.8 Å². The molecule has 0 aromatic carbocycles. The van der Waals surface area contributed by atoms with Crippen LogP contribution in [0, 0.1) is 0 Å². The topological polar surface area (TPSA) is 29.1 Å². The number of amides is 1. The van der Waals surface area contributed by atoms with Crippen molar-refractivity contribution in [1.82, 2.24) is 5.32 Å². The maximum Gasteiger partial charge on any atom is 0.220 e. The van der Waals surface area contributed by atoms with Crippen LogP contribution in [0.2, 0.25) is 0 Å². The first kappa shape index (κ1) is 9.82. The lowest BCUT2D eigenvalue weighted by Gasteiger charge is -2.04. The molecule has 10 heavy (non-hydrogen) atoms. The Balaban J connectivity index is 3.12. The van der Waals surface area contributed by atoms with Crippen molar-refractivity contribution in [2.45, 2.75) is 32.4 Å². The van der Waals surface area contributed by atoms with Gasteiger partial charge >= 0.3 is 0 Å². The maximum absolute atomic E-state index is 10.7. The zero-order valence-electron chi connectivity index (χ0n) is 6.81. The third-order valence-corrected chi connectivity index (χ3v) is 1.98. The molecule has 0 aromatic heterocycles. The molecule has 0 fully saturated rings. The molecule has 0 unspecified atom stereocenters. The van der Waals surface area contributed by atoms with Crippen LogP contribution < -0.4 is 5.32 Å². The van der Waals surface area contributed by atoms with Crippen LogP contribution in [0.1, 0.15) is 27.2 Å². The highest BCUT2D eigenvalue weighted by atomic mass is 32.2. The second kappa shape index (κ2) is 5.59. The van der Waals surface area contributed by atoms with Gasteiger partial charge < -0.3 is 5.32 Å². The first-order chi connectivity index (χ1) is 4.66. The quantitative estimate of drug-likeness (QED) is 0.635. The number of carbonyl (C=O) groups is 1. The van der Waals surface area contributed by atoms with Crippen molar-refractivity contribution in [2.75, 3.05) is 5.88 Å². The second-order valence-electron chi connectivity index (χ2n) is 2.31. The predicted octanol–water partition coefficient (Wildman–Crippen LogP) is 1.61. The molecule has 0 radical (unpaired) electrons. The Hall–Kier alpha value is -0.180. The van der Waals surface area contributed by atoms with E-state index in [1.165, 1.54) is 0 Å². The van der Waals surface area contributed by atoms with Crippen LogP contribution in [-0.2, 0) is 4.79 Å². The molecular weight excluding hydrogens is 146 g/mol. The van der Waals surface area contributed by atoms with Gasteiger partial charge in [0.2, 0.25) is 5.91 Å². The molecule has 0 saturated carbocycles. The van der Waals surface area contributed by atoms with Crippen LogP contribution in [0.15, 0.2) is 0 Å². The Kier molecular flexibility index (Phi) is 5.49. The van der Waals surface area contributed by atoms with Gasteiger partial charge in [-0.15, -0.1) is 11.8 Å². The molecular formula is C7H15NOS. The van der Waals surface area contributed by atoms with Gasteiger partial charge in [0.25, 0.3) is 0 Å². The van der Waals surface area contributed by atoms with Crippen molar-refractivity contribution in [1.29, 1.82) is 0 Å². The lowest BCUT2D eigenvalue weighted by molar-refractivity contribution is -0.120. The van der Waals surface area contributed by atoms with Gasteiger partial charge in [0.15, 0.2) is 0 Å². The molecule has 0 aromatic rings. The number of hydrogen-bond donors (Lipinski definition) is 1. The summed E-state index contributed by atoms with van der Waals surface area (Å²) in [6.45, 7) is 6.08. The maximum atomic E-state index is 10.7. The minimum Gasteiger partial charge on any atom is -0.347 e. The summed E-state index contributed by atoms with van der Waals surface area (Å²) in [6, 6.07) is 0. The third kappa shape index (κ3) is 5.95. The Bertz CT molecular complexity index is 104. The molecule has 0 aliphatic heterocycles. The molecule has 1 N–H and O–H groups in total. The van der Waals surface area contributed by atoms with E-state index < -0.39 is 0 Å². The third-order valence-electron chi connectivity index (χ3n) is 1.01. The average Bonchev–Trinajstić information content (AvgIpc) is 1.87. The van der Waals surface area contributed by atoms with Gasteiger partial charge in [-0.2, -0.15) is 0 Å². The van der Waals surface area contributed by atoms with E-state index in [9.17, 15) is 4.79 Å². The standard InChI is InChI=1S/C7H15NOS/c1-4-7(9)8-5-10-6(2)3/h6H,4-5H2,1-3H3,(H,8,9). The smallest absolute Gasteiger partial charge is 0.220 e. The minimum atomic E-state index is 0.133. The van der Waals surface area contributed by atoms with Crippen molar-refractivity contribution in [3.8, 4) is 0 Å². The first-order valence-corrected chi connectivity index (χ1v) is 4.60. The average molecular weight is 161 g/mol. The lowest BCUT2D eigenvalue weighted by Crippen LogP contribution is -2.22. The van der Waals surface area contributed by atoms with Crippen molar-refractivity contribution in [3.63, 3.8) is 0 Å². The van der Waals surface area contributed by atoms with Crippen molar-refractivity contribution < 1.29 is 4.79 Å². The van der Waals surface area contributed by atoms with Crippen molar-refractivity contribution in [2.24, 2.45) is 0 Å². The van der Waals surface area contributed by atoms with Gasteiger partial charge in [0, 0.05) is 11.7 Å². The zero-order valence-corrected chi connectivity index (χ0v) is 7.62. The summed E-state index contributed by atoms with van der Waals surface area (Å²) in [5, 5.41) is 3.38. The molecule has 2 nitrogen and oxygen atoms in total. The molecule has 0 heterocycles. The Morgan fingerprint density at radius 3 is 2.60 bits per heavy atom. The predicted molar refractivity (Wildman–Crippen MR) is 46.0 cm³/mol. The van der Waals surface area contributed by atoms with Gasteiger partial charge in [-0.3, -0.25) is 4.79 Å². The highest BCUT2D eigenvalue weighted by Gasteiger charge is 1.96. The van der Waals surface area contributed by atoms with Gasteiger partial charge in [0.1, 0.15) is 0 Å². The summed E-state index contributed by atoms with van der Waals surface area (Å²) in [7, 11) is 0. The van der Waals surface area contributed by atoms with Crippen molar-refractivity contribution in [3.05, 3.63) is 0 Å². The number of hydrogen-bond acceptors (Lipinski definition) is 2. The van der Waals surface area contributed by atoms with E-state index >= 15 is 0 Å². The van der Waals surface area contributed by atoms with E-state index in [2.05, 4.69) is 19.2 Å². The van der Waals surface area contributed by atoms with Crippen LogP contribution in [0.25, 0.3) is 0 Å². The SMILES string of the molecule is CCC(=O)NCSC(C)C. The highest BCUT2D eigenvalue weighted by Crippen LogP contribution is 2.05. The summed E-state index contributed by atoms with van der Waals surface area (Å²) in [5.74, 6) is 0.873. The normalized spacial score (nSPS) is 10.0. The molecule has 0 bridgehead atoms. The summed E-state index contributed by atoms with van der Waals surface area (Å²) in [4.78, 5) is 10.7. The largest absolute Gasteiger partial charge is 0.347 e. The van der Waals surface area contributed by atoms with Gasteiger partial charge in [-0.25, -0.2) is 0 Å². The van der Waals surface area contributed by atoms with Crippen LogP contribution in [0.3, 0.4) is 0 Å². The highest BCUT2D eigenvalue weighted by molar-refractivity contribution is 7.99. The molecule has 0 spiro atoms. The molecule has 0 aliphatic rings. The van der Waals surface area contributed by atoms with Crippen LogP contribution in [-0.4, -0.2) is 17.0 Å². The molecule has 1 amide bonds. The van der Waals surface area contributed by atoms with E-state index in [1.54, 1.807) is 11.8 Å². The fraction of sp³-hybridized carbons (Fsp3) is 0.857. The monoisotopic (exact) mass is 161 g/mol. The van der Waals surface area contributed by atoms with Crippen LogP contribution in [0.5, 0.6) is 0 Å². The molecule has 3 heteroatoms. The fourth-order valence-corrected chi connectivity index (χ4v) is 0.991. The lowest BCUT2D eigenvalue weighted by atomic mass is 10.5. The Morgan fingerprint density at radius 1 is 1.60 bits per heavy atom. The van der Waals surface area contributed by atoms with E-state index in [-0.39, 0.29) is 5.91 Å². The molecule has 0 aliphatic carbocycles. The van der Waals surface area contributed by atoms with E-state index in [4.69, 9.17) is 0 Å². The molecule has 0 rings (SSSR count). The van der Waals surface area contributed by atoms with Crippen LogP contribution >= 0.6 is 11.8 Å². The first-order valence-electron chi connectivity index (χ1n) is 3.55. The fourth-order valence-electron chi connectivity index (χ4n) is 0.414. The van der Waals surface area contributed by atoms with E-state index in [0.29, 0.717) is 11.7 Å². The van der Waals surface area contributed by atoms with Gasteiger partial charge in [-0.1, -0.05) is 20.8 Å². The summed E-state index contributed by atoms with van der Waals surface area (Å²) >= 11 is 1.74. The molecule has 0 saturated heterocycles.